The average molecular weight is 256 g/mol. The van der Waals surface area contributed by atoms with Gasteiger partial charge in [0, 0.05) is 37.6 Å². The zero-order valence-corrected chi connectivity index (χ0v) is 11.8. The van der Waals surface area contributed by atoms with Crippen molar-refractivity contribution in [1.82, 2.24) is 10.2 Å². The Morgan fingerprint density at radius 1 is 1.50 bits per heavy atom. The van der Waals surface area contributed by atoms with Crippen molar-refractivity contribution in [2.45, 2.75) is 39.7 Å². The van der Waals surface area contributed by atoms with E-state index in [1.807, 2.05) is 32.6 Å². The molecule has 0 saturated carbocycles. The third kappa shape index (κ3) is 4.29. The molecule has 0 unspecified atom stereocenters. The highest BCUT2D eigenvalue weighted by molar-refractivity contribution is 5.80. The summed E-state index contributed by atoms with van der Waals surface area (Å²) in [6, 6.07) is 0. The summed E-state index contributed by atoms with van der Waals surface area (Å²) in [6.45, 7) is 9.84. The van der Waals surface area contributed by atoms with Gasteiger partial charge in [-0.2, -0.15) is 0 Å². The third-order valence-electron chi connectivity index (χ3n) is 3.04. The van der Waals surface area contributed by atoms with Gasteiger partial charge in [-0.3, -0.25) is 9.59 Å². The van der Waals surface area contributed by atoms with Gasteiger partial charge in [0.2, 0.25) is 11.8 Å². The predicted octanol–water partition coefficient (Wildman–Crippen LogP) is 0.786. The zero-order chi connectivity index (χ0) is 13.8. The largest absolute Gasteiger partial charge is 0.372 e. The first-order chi connectivity index (χ1) is 8.34. The first kappa shape index (κ1) is 15.0. The van der Waals surface area contributed by atoms with Crippen LogP contribution < -0.4 is 5.32 Å². The molecule has 104 valence electrons. The first-order valence-corrected chi connectivity index (χ1v) is 6.49. The molecule has 1 heterocycles. The number of carbonyl (C=O) groups excluding carboxylic acids is 2. The predicted molar refractivity (Wildman–Crippen MR) is 69.1 cm³/mol. The van der Waals surface area contributed by atoms with Gasteiger partial charge < -0.3 is 15.0 Å². The molecular formula is C13H24N2O3. The van der Waals surface area contributed by atoms with Gasteiger partial charge in [0.25, 0.3) is 0 Å². The number of carbonyl (C=O) groups is 2. The molecule has 0 aromatic rings. The van der Waals surface area contributed by atoms with Crippen LogP contribution in [0.2, 0.25) is 0 Å². The van der Waals surface area contributed by atoms with Crippen LogP contribution in [0.1, 0.15) is 34.1 Å². The Labute approximate surface area is 109 Å². The summed E-state index contributed by atoms with van der Waals surface area (Å²) in [6.07, 6.45) is 0.520. The van der Waals surface area contributed by atoms with E-state index < -0.39 is 0 Å². The fraction of sp³-hybridized carbons (Fsp3) is 0.846. The molecular weight excluding hydrogens is 232 g/mol. The second-order valence-corrected chi connectivity index (χ2v) is 5.69. The number of amides is 2. The topological polar surface area (TPSA) is 58.6 Å². The van der Waals surface area contributed by atoms with Crippen molar-refractivity contribution in [1.29, 1.82) is 0 Å². The minimum atomic E-state index is -0.138. The highest BCUT2D eigenvalue weighted by atomic mass is 16.5. The maximum Gasteiger partial charge on any atom is 0.246 e. The van der Waals surface area contributed by atoms with Crippen LogP contribution in [-0.2, 0) is 14.3 Å². The summed E-state index contributed by atoms with van der Waals surface area (Å²) in [5.41, 5.74) is -0.138. The van der Waals surface area contributed by atoms with Crippen molar-refractivity contribution in [3.8, 4) is 0 Å². The molecule has 0 aromatic carbocycles. The Hall–Kier alpha value is -1.10. The van der Waals surface area contributed by atoms with Gasteiger partial charge >= 0.3 is 0 Å². The minimum absolute atomic E-state index is 0.0974. The second kappa shape index (κ2) is 6.18. The van der Waals surface area contributed by atoms with E-state index in [2.05, 4.69) is 5.32 Å². The highest BCUT2D eigenvalue weighted by Gasteiger charge is 2.35. The fourth-order valence-corrected chi connectivity index (χ4v) is 2.07. The van der Waals surface area contributed by atoms with Crippen molar-refractivity contribution in [3.63, 3.8) is 0 Å². The maximum absolute atomic E-state index is 11.8. The Balaban J connectivity index is 2.34. The highest BCUT2D eigenvalue weighted by Crippen LogP contribution is 2.25. The lowest BCUT2D eigenvalue weighted by Gasteiger charge is -2.32. The van der Waals surface area contributed by atoms with E-state index in [9.17, 15) is 9.59 Å². The standard InChI is InChI=1S/C13H24N2O3/c1-5-18-9-11(16)14-7-10-6-12(17)15(8-10)13(2,3)4/h10H,5-9H2,1-4H3,(H,14,16)/t10-/m0/s1. The normalized spacial score (nSPS) is 20.3. The summed E-state index contributed by atoms with van der Waals surface area (Å²) < 4.78 is 5.02. The molecule has 1 aliphatic heterocycles. The molecule has 1 saturated heterocycles. The van der Waals surface area contributed by atoms with Gasteiger partial charge in [-0.05, 0) is 27.7 Å². The number of nitrogens with zero attached hydrogens (tertiary/aromatic N) is 1. The lowest BCUT2D eigenvalue weighted by Crippen LogP contribution is -2.43. The summed E-state index contributed by atoms with van der Waals surface area (Å²) in [7, 11) is 0. The molecule has 5 nitrogen and oxygen atoms in total. The van der Waals surface area contributed by atoms with Crippen molar-refractivity contribution in [2.24, 2.45) is 5.92 Å². The number of ether oxygens (including phenoxy) is 1. The number of nitrogens with one attached hydrogen (secondary N) is 1. The van der Waals surface area contributed by atoms with Crippen LogP contribution in [-0.4, -0.2) is 48.6 Å². The molecule has 18 heavy (non-hydrogen) atoms. The minimum Gasteiger partial charge on any atom is -0.372 e. The quantitative estimate of drug-likeness (QED) is 0.791. The van der Waals surface area contributed by atoms with Crippen LogP contribution in [0.5, 0.6) is 0 Å². The molecule has 0 radical (unpaired) electrons. The summed E-state index contributed by atoms with van der Waals surface area (Å²) in [5, 5.41) is 2.81. The molecule has 0 aliphatic carbocycles. The summed E-state index contributed by atoms with van der Waals surface area (Å²) in [4.78, 5) is 25.1. The Bertz CT molecular complexity index is 310. The Morgan fingerprint density at radius 2 is 2.17 bits per heavy atom. The average Bonchev–Trinajstić information content (AvgIpc) is 2.65. The Kier molecular flexibility index (Phi) is 5.14. The molecule has 0 aromatic heterocycles. The van der Waals surface area contributed by atoms with Crippen LogP contribution in [0.4, 0.5) is 0 Å². The fourth-order valence-electron chi connectivity index (χ4n) is 2.07. The molecule has 0 bridgehead atoms. The molecule has 1 fully saturated rings. The maximum atomic E-state index is 11.8. The molecule has 0 spiro atoms. The first-order valence-electron chi connectivity index (χ1n) is 6.49. The van der Waals surface area contributed by atoms with E-state index in [4.69, 9.17) is 4.74 Å². The van der Waals surface area contributed by atoms with Crippen LogP contribution in [0, 0.1) is 5.92 Å². The van der Waals surface area contributed by atoms with Crippen LogP contribution in [0.15, 0.2) is 0 Å². The van der Waals surface area contributed by atoms with Gasteiger partial charge in [0.05, 0.1) is 0 Å². The number of likely N-dealkylation sites (tertiary alicyclic amines) is 1. The monoisotopic (exact) mass is 256 g/mol. The molecule has 1 aliphatic rings. The van der Waals surface area contributed by atoms with Crippen molar-refractivity contribution in [2.75, 3.05) is 26.3 Å². The van der Waals surface area contributed by atoms with E-state index in [1.54, 1.807) is 0 Å². The van der Waals surface area contributed by atoms with E-state index >= 15 is 0 Å². The van der Waals surface area contributed by atoms with Crippen LogP contribution in [0.25, 0.3) is 0 Å². The zero-order valence-electron chi connectivity index (χ0n) is 11.8. The van der Waals surface area contributed by atoms with Gasteiger partial charge in [0.1, 0.15) is 6.61 Å². The van der Waals surface area contributed by atoms with Crippen LogP contribution >= 0.6 is 0 Å². The summed E-state index contributed by atoms with van der Waals surface area (Å²) >= 11 is 0. The molecule has 5 heteroatoms. The lowest BCUT2D eigenvalue weighted by molar-refractivity contribution is -0.131. The van der Waals surface area contributed by atoms with Crippen molar-refractivity contribution in [3.05, 3.63) is 0 Å². The van der Waals surface area contributed by atoms with E-state index in [0.717, 1.165) is 6.54 Å². The van der Waals surface area contributed by atoms with Crippen molar-refractivity contribution >= 4 is 11.8 Å². The molecule has 1 N–H and O–H groups in total. The van der Waals surface area contributed by atoms with Gasteiger partial charge in [-0.15, -0.1) is 0 Å². The number of hydrogen-bond acceptors (Lipinski definition) is 3. The number of rotatable bonds is 5. The van der Waals surface area contributed by atoms with E-state index in [-0.39, 0.29) is 29.9 Å². The second-order valence-electron chi connectivity index (χ2n) is 5.69. The SMILES string of the molecule is CCOCC(=O)NC[C@@H]1CC(=O)N(C(C)(C)C)C1. The number of hydrogen-bond donors (Lipinski definition) is 1. The van der Waals surface area contributed by atoms with Gasteiger partial charge in [-0.1, -0.05) is 0 Å². The van der Waals surface area contributed by atoms with Crippen LogP contribution in [0.3, 0.4) is 0 Å². The van der Waals surface area contributed by atoms with Crippen molar-refractivity contribution < 1.29 is 14.3 Å². The molecule has 1 atom stereocenters. The van der Waals surface area contributed by atoms with E-state index in [1.165, 1.54) is 0 Å². The molecule has 2 amide bonds. The molecule has 1 rings (SSSR count). The third-order valence-corrected chi connectivity index (χ3v) is 3.04. The Morgan fingerprint density at radius 3 is 2.67 bits per heavy atom. The summed E-state index contributed by atoms with van der Waals surface area (Å²) in [5.74, 6) is 0.271. The lowest BCUT2D eigenvalue weighted by atomic mass is 10.1. The smallest absolute Gasteiger partial charge is 0.246 e. The van der Waals surface area contributed by atoms with Gasteiger partial charge in [-0.25, -0.2) is 0 Å². The van der Waals surface area contributed by atoms with Gasteiger partial charge in [0.15, 0.2) is 0 Å². The van der Waals surface area contributed by atoms with E-state index in [0.29, 0.717) is 19.6 Å².